The van der Waals surface area contributed by atoms with E-state index in [1.165, 1.54) is 6.20 Å². The van der Waals surface area contributed by atoms with Gasteiger partial charge in [-0.15, -0.1) is 0 Å². The largest absolute Gasteiger partial charge is 0.438 e. The first-order valence-electron chi connectivity index (χ1n) is 4.97. The maximum atomic E-state index is 8.90. The van der Waals surface area contributed by atoms with E-state index in [-0.39, 0.29) is 6.61 Å². The van der Waals surface area contributed by atoms with E-state index < -0.39 is 0 Å². The van der Waals surface area contributed by atoms with Crippen molar-refractivity contribution in [2.24, 2.45) is 0 Å². The number of halogens is 1. The molecule has 0 aliphatic carbocycles. The summed E-state index contributed by atoms with van der Waals surface area (Å²) in [7, 11) is 0. The standard InChI is InChI=1S/C12H11ClN2O2/c13-11-5-9(14)6-15-12(11)17-10-3-1-8(7-16)2-4-10/h1-6,16H,7,14H2. The lowest BCUT2D eigenvalue weighted by molar-refractivity contribution is 0.281. The molecule has 1 aromatic heterocycles. The zero-order valence-electron chi connectivity index (χ0n) is 8.93. The molecule has 0 aliphatic heterocycles. The van der Waals surface area contributed by atoms with Crippen LogP contribution in [0, 0.1) is 0 Å². The van der Waals surface area contributed by atoms with Crippen LogP contribution in [0.2, 0.25) is 5.02 Å². The summed E-state index contributed by atoms with van der Waals surface area (Å²) in [5.41, 5.74) is 6.83. The fourth-order valence-corrected chi connectivity index (χ4v) is 1.50. The topological polar surface area (TPSA) is 68.4 Å². The summed E-state index contributed by atoms with van der Waals surface area (Å²) < 4.78 is 5.48. The van der Waals surface area contributed by atoms with Crippen molar-refractivity contribution < 1.29 is 9.84 Å². The van der Waals surface area contributed by atoms with Crippen LogP contribution in [0.3, 0.4) is 0 Å². The summed E-state index contributed by atoms with van der Waals surface area (Å²) in [4.78, 5) is 3.99. The van der Waals surface area contributed by atoms with Gasteiger partial charge in [0.25, 0.3) is 0 Å². The summed E-state index contributed by atoms with van der Waals surface area (Å²) in [6.07, 6.45) is 1.48. The maximum Gasteiger partial charge on any atom is 0.238 e. The number of aliphatic hydroxyl groups is 1. The van der Waals surface area contributed by atoms with E-state index in [4.69, 9.17) is 27.2 Å². The number of hydrogen-bond acceptors (Lipinski definition) is 4. The first kappa shape index (κ1) is 11.7. The summed E-state index contributed by atoms with van der Waals surface area (Å²) in [5.74, 6) is 0.902. The molecule has 1 heterocycles. The number of pyridine rings is 1. The second-order valence-corrected chi connectivity index (χ2v) is 3.87. The van der Waals surface area contributed by atoms with Gasteiger partial charge in [0, 0.05) is 0 Å². The van der Waals surface area contributed by atoms with Crippen LogP contribution in [0.5, 0.6) is 11.6 Å². The number of aromatic nitrogens is 1. The van der Waals surface area contributed by atoms with Crippen LogP contribution in [0.15, 0.2) is 36.5 Å². The lowest BCUT2D eigenvalue weighted by Gasteiger charge is -2.07. The third kappa shape index (κ3) is 2.87. The molecular formula is C12H11ClN2O2. The molecule has 0 spiro atoms. The van der Waals surface area contributed by atoms with Crippen molar-refractivity contribution in [2.45, 2.75) is 6.61 Å². The molecule has 3 N–H and O–H groups in total. The number of nitrogen functional groups attached to an aromatic ring is 1. The molecule has 0 radical (unpaired) electrons. The molecule has 2 aromatic rings. The molecule has 1 aromatic carbocycles. The third-order valence-corrected chi connectivity index (χ3v) is 2.42. The number of hydrogen-bond donors (Lipinski definition) is 2. The summed E-state index contributed by atoms with van der Waals surface area (Å²) in [6.45, 7) is 0.00115. The van der Waals surface area contributed by atoms with E-state index in [1.807, 2.05) is 0 Å². The van der Waals surface area contributed by atoms with Crippen molar-refractivity contribution in [1.82, 2.24) is 4.98 Å². The average Bonchev–Trinajstić information content (AvgIpc) is 2.34. The van der Waals surface area contributed by atoms with Crippen LogP contribution in [0.25, 0.3) is 0 Å². The van der Waals surface area contributed by atoms with Crippen molar-refractivity contribution in [1.29, 1.82) is 0 Å². The molecule has 0 bridgehead atoms. The van der Waals surface area contributed by atoms with E-state index in [2.05, 4.69) is 4.98 Å². The predicted molar refractivity (Wildman–Crippen MR) is 66.1 cm³/mol. The highest BCUT2D eigenvalue weighted by atomic mass is 35.5. The molecule has 17 heavy (non-hydrogen) atoms. The molecule has 0 atom stereocenters. The molecule has 0 saturated heterocycles. The van der Waals surface area contributed by atoms with Crippen molar-refractivity contribution >= 4 is 17.3 Å². The molecule has 2 rings (SSSR count). The average molecular weight is 251 g/mol. The minimum atomic E-state index is 0.00115. The zero-order chi connectivity index (χ0) is 12.3. The maximum absolute atomic E-state index is 8.90. The van der Waals surface area contributed by atoms with Crippen molar-refractivity contribution in [3.63, 3.8) is 0 Å². The minimum Gasteiger partial charge on any atom is -0.438 e. The van der Waals surface area contributed by atoms with Crippen LogP contribution in [-0.2, 0) is 6.61 Å². The molecule has 0 amide bonds. The van der Waals surface area contributed by atoms with Crippen LogP contribution in [0.1, 0.15) is 5.56 Å². The first-order chi connectivity index (χ1) is 8.19. The summed E-state index contributed by atoms with van der Waals surface area (Å²) in [5, 5.41) is 9.26. The van der Waals surface area contributed by atoms with Gasteiger partial charge in [-0.2, -0.15) is 0 Å². The molecule has 4 nitrogen and oxygen atoms in total. The fraction of sp³-hybridized carbons (Fsp3) is 0.0833. The Kier molecular flexibility index (Phi) is 3.46. The smallest absolute Gasteiger partial charge is 0.238 e. The molecule has 0 fully saturated rings. The highest BCUT2D eigenvalue weighted by molar-refractivity contribution is 6.32. The van der Waals surface area contributed by atoms with Crippen LogP contribution in [-0.4, -0.2) is 10.1 Å². The molecule has 88 valence electrons. The Labute approximate surface area is 104 Å². The van der Waals surface area contributed by atoms with Gasteiger partial charge in [-0.05, 0) is 23.8 Å². The number of rotatable bonds is 3. The number of benzene rings is 1. The van der Waals surface area contributed by atoms with Gasteiger partial charge in [0.15, 0.2) is 0 Å². The highest BCUT2D eigenvalue weighted by Crippen LogP contribution is 2.28. The monoisotopic (exact) mass is 250 g/mol. The van der Waals surface area contributed by atoms with E-state index in [1.54, 1.807) is 30.3 Å². The van der Waals surface area contributed by atoms with Gasteiger partial charge in [0.2, 0.25) is 5.88 Å². The van der Waals surface area contributed by atoms with Crippen LogP contribution < -0.4 is 10.5 Å². The zero-order valence-corrected chi connectivity index (χ0v) is 9.69. The number of anilines is 1. The van der Waals surface area contributed by atoms with Gasteiger partial charge in [-0.3, -0.25) is 0 Å². The second kappa shape index (κ2) is 5.03. The van der Waals surface area contributed by atoms with Gasteiger partial charge < -0.3 is 15.6 Å². The Hall–Kier alpha value is -1.78. The van der Waals surface area contributed by atoms with Gasteiger partial charge in [0.05, 0.1) is 18.5 Å². The number of nitrogens with zero attached hydrogens (tertiary/aromatic N) is 1. The van der Waals surface area contributed by atoms with Gasteiger partial charge in [0.1, 0.15) is 10.8 Å². The number of nitrogens with two attached hydrogens (primary N) is 1. The van der Waals surface area contributed by atoms with Gasteiger partial charge in [-0.1, -0.05) is 23.7 Å². The first-order valence-corrected chi connectivity index (χ1v) is 5.35. The van der Waals surface area contributed by atoms with E-state index >= 15 is 0 Å². The normalized spacial score (nSPS) is 10.2. The molecule has 0 aliphatic rings. The Morgan fingerprint density at radius 2 is 2.00 bits per heavy atom. The molecule has 0 unspecified atom stereocenters. The van der Waals surface area contributed by atoms with Crippen molar-refractivity contribution in [3.05, 3.63) is 47.1 Å². The summed E-state index contributed by atoms with van der Waals surface area (Å²) in [6, 6.07) is 8.58. The van der Waals surface area contributed by atoms with E-state index in [0.29, 0.717) is 22.3 Å². The van der Waals surface area contributed by atoms with Gasteiger partial charge >= 0.3 is 0 Å². The quantitative estimate of drug-likeness (QED) is 0.879. The predicted octanol–water partition coefficient (Wildman–Crippen LogP) is 2.60. The Morgan fingerprint density at radius 1 is 1.29 bits per heavy atom. The number of aliphatic hydroxyl groups excluding tert-OH is 1. The van der Waals surface area contributed by atoms with E-state index in [9.17, 15) is 0 Å². The Balaban J connectivity index is 2.19. The van der Waals surface area contributed by atoms with E-state index in [0.717, 1.165) is 5.56 Å². The third-order valence-electron chi connectivity index (χ3n) is 2.15. The lowest BCUT2D eigenvalue weighted by atomic mass is 10.2. The molecule has 0 saturated carbocycles. The highest BCUT2D eigenvalue weighted by Gasteiger charge is 2.05. The fourth-order valence-electron chi connectivity index (χ4n) is 1.29. The molecule has 5 heteroatoms. The van der Waals surface area contributed by atoms with Crippen LogP contribution in [0.4, 0.5) is 5.69 Å². The lowest BCUT2D eigenvalue weighted by Crippen LogP contribution is -1.92. The van der Waals surface area contributed by atoms with Gasteiger partial charge in [-0.25, -0.2) is 4.98 Å². The Bertz CT molecular complexity index is 514. The molecular weight excluding hydrogens is 240 g/mol. The van der Waals surface area contributed by atoms with Crippen LogP contribution >= 0.6 is 11.6 Å². The second-order valence-electron chi connectivity index (χ2n) is 3.46. The Morgan fingerprint density at radius 3 is 2.59 bits per heavy atom. The van der Waals surface area contributed by atoms with Crippen molar-refractivity contribution in [3.8, 4) is 11.6 Å². The number of ether oxygens (including phenoxy) is 1. The SMILES string of the molecule is Nc1cnc(Oc2ccc(CO)cc2)c(Cl)c1. The minimum absolute atomic E-state index is 0.00115. The van der Waals surface area contributed by atoms with Crippen molar-refractivity contribution in [2.75, 3.05) is 5.73 Å². The summed E-state index contributed by atoms with van der Waals surface area (Å²) >= 11 is 5.93.